The summed E-state index contributed by atoms with van der Waals surface area (Å²) in [5.41, 5.74) is 3.83. The van der Waals surface area contributed by atoms with Crippen LogP contribution in [0.25, 0.3) is 0 Å². The molecule has 0 saturated carbocycles. The van der Waals surface area contributed by atoms with E-state index >= 15 is 0 Å². The lowest BCUT2D eigenvalue weighted by atomic mass is 10.1. The first-order chi connectivity index (χ1) is 17.4. The van der Waals surface area contributed by atoms with Crippen LogP contribution < -0.4 is 19.5 Å². The molecule has 8 heteroatoms. The molecule has 1 N–H and O–H groups in total. The van der Waals surface area contributed by atoms with Gasteiger partial charge in [-0.2, -0.15) is 5.10 Å². The van der Waals surface area contributed by atoms with Crippen LogP contribution in [0.4, 0.5) is 5.69 Å². The molecular weight excluding hydrogens is 458 g/mol. The lowest BCUT2D eigenvalue weighted by Crippen LogP contribution is -2.10. The SMILES string of the molecule is CCOc1ccc(Cn2cc(NC(=O)c3ccc(COc4cc(C)cc(C)c4)o3)cn2)cc1OCC. The van der Waals surface area contributed by atoms with Crippen LogP contribution in [-0.2, 0) is 13.2 Å². The third-order valence-electron chi connectivity index (χ3n) is 5.31. The summed E-state index contributed by atoms with van der Waals surface area (Å²) in [6.07, 6.45) is 3.37. The highest BCUT2D eigenvalue weighted by Gasteiger charge is 2.14. The maximum Gasteiger partial charge on any atom is 0.291 e. The Kier molecular flexibility index (Phi) is 7.95. The molecule has 0 aliphatic heterocycles. The minimum Gasteiger partial charge on any atom is -0.490 e. The first kappa shape index (κ1) is 24.9. The summed E-state index contributed by atoms with van der Waals surface area (Å²) < 4.78 is 24.6. The second-order valence-corrected chi connectivity index (χ2v) is 8.41. The number of hydrogen-bond acceptors (Lipinski definition) is 6. The van der Waals surface area contributed by atoms with Gasteiger partial charge in [0.05, 0.1) is 31.6 Å². The molecule has 2 aromatic heterocycles. The minimum absolute atomic E-state index is 0.203. The van der Waals surface area contributed by atoms with Crippen LogP contribution >= 0.6 is 0 Å². The van der Waals surface area contributed by atoms with Crippen molar-refractivity contribution in [2.45, 2.75) is 40.8 Å². The molecule has 0 unspecified atom stereocenters. The van der Waals surface area contributed by atoms with E-state index in [9.17, 15) is 4.79 Å². The van der Waals surface area contributed by atoms with Crippen LogP contribution in [0.1, 0.15) is 46.9 Å². The summed E-state index contributed by atoms with van der Waals surface area (Å²) in [7, 11) is 0. The van der Waals surface area contributed by atoms with E-state index in [1.54, 1.807) is 29.2 Å². The number of carbonyl (C=O) groups excluding carboxylic acids is 1. The number of nitrogens with zero attached hydrogens (tertiary/aromatic N) is 2. The van der Waals surface area contributed by atoms with Crippen molar-refractivity contribution >= 4 is 11.6 Å². The number of rotatable bonds is 11. The maximum atomic E-state index is 12.7. The second kappa shape index (κ2) is 11.5. The molecule has 2 heterocycles. The number of aryl methyl sites for hydroxylation is 2. The third-order valence-corrected chi connectivity index (χ3v) is 5.31. The number of furan rings is 1. The molecule has 0 spiro atoms. The number of benzene rings is 2. The van der Waals surface area contributed by atoms with Gasteiger partial charge in [-0.15, -0.1) is 0 Å². The Morgan fingerprint density at radius 3 is 2.44 bits per heavy atom. The van der Waals surface area contributed by atoms with Crippen LogP contribution in [0, 0.1) is 13.8 Å². The normalized spacial score (nSPS) is 10.8. The van der Waals surface area contributed by atoms with E-state index in [-0.39, 0.29) is 18.3 Å². The monoisotopic (exact) mass is 489 g/mol. The number of nitrogens with one attached hydrogen (secondary N) is 1. The van der Waals surface area contributed by atoms with Gasteiger partial charge in [-0.1, -0.05) is 12.1 Å². The van der Waals surface area contributed by atoms with Gasteiger partial charge >= 0.3 is 0 Å². The smallest absolute Gasteiger partial charge is 0.291 e. The molecule has 1 amide bonds. The molecule has 36 heavy (non-hydrogen) atoms. The highest BCUT2D eigenvalue weighted by molar-refractivity contribution is 6.02. The van der Waals surface area contributed by atoms with E-state index in [4.69, 9.17) is 18.6 Å². The largest absolute Gasteiger partial charge is 0.490 e. The summed E-state index contributed by atoms with van der Waals surface area (Å²) in [4.78, 5) is 12.7. The van der Waals surface area contributed by atoms with Crippen molar-refractivity contribution in [3.8, 4) is 17.2 Å². The molecule has 4 aromatic rings. The Hall–Kier alpha value is -4.20. The average Bonchev–Trinajstić information content (AvgIpc) is 3.49. The summed E-state index contributed by atoms with van der Waals surface area (Å²) in [5.74, 6) is 2.60. The Morgan fingerprint density at radius 2 is 1.69 bits per heavy atom. The molecular formula is C28H31N3O5. The first-order valence-electron chi connectivity index (χ1n) is 12.0. The Balaban J connectivity index is 1.34. The standard InChI is InChI=1S/C28H31N3O5/c1-5-33-25-9-7-21(14-27(25)34-6-2)16-31-17-22(15-29-31)30-28(32)26-10-8-23(36-26)18-35-24-12-19(3)11-20(4)13-24/h7-15,17H,5-6,16,18H2,1-4H3,(H,30,32). The number of carbonyl (C=O) groups is 1. The van der Waals surface area contributed by atoms with Gasteiger partial charge in [-0.05, 0) is 80.8 Å². The van der Waals surface area contributed by atoms with E-state index in [1.165, 1.54) is 0 Å². The fourth-order valence-electron chi connectivity index (χ4n) is 3.84. The molecule has 0 radical (unpaired) electrons. The van der Waals surface area contributed by atoms with Gasteiger partial charge in [0, 0.05) is 6.20 Å². The second-order valence-electron chi connectivity index (χ2n) is 8.41. The van der Waals surface area contributed by atoms with Gasteiger partial charge in [0.1, 0.15) is 18.1 Å². The maximum absolute atomic E-state index is 12.7. The number of amides is 1. The molecule has 4 rings (SSSR count). The lowest BCUT2D eigenvalue weighted by molar-refractivity contribution is 0.0992. The van der Waals surface area contributed by atoms with E-state index in [0.29, 0.717) is 42.7 Å². The quantitative estimate of drug-likeness (QED) is 0.288. The zero-order chi connectivity index (χ0) is 25.5. The van der Waals surface area contributed by atoms with Crippen LogP contribution in [0.3, 0.4) is 0 Å². The molecule has 0 fully saturated rings. The van der Waals surface area contributed by atoms with Crippen LogP contribution in [0.2, 0.25) is 0 Å². The van der Waals surface area contributed by atoms with E-state index in [1.807, 2.05) is 58.0 Å². The van der Waals surface area contributed by atoms with Crippen molar-refractivity contribution in [1.82, 2.24) is 9.78 Å². The van der Waals surface area contributed by atoms with Crippen molar-refractivity contribution in [1.29, 1.82) is 0 Å². The summed E-state index contributed by atoms with van der Waals surface area (Å²) in [5, 5.41) is 7.18. The minimum atomic E-state index is -0.355. The van der Waals surface area contributed by atoms with Gasteiger partial charge in [0.2, 0.25) is 0 Å². The van der Waals surface area contributed by atoms with Gasteiger partial charge < -0.3 is 23.9 Å². The van der Waals surface area contributed by atoms with Gasteiger partial charge in [0.15, 0.2) is 17.3 Å². The van der Waals surface area contributed by atoms with Gasteiger partial charge in [-0.25, -0.2) is 0 Å². The lowest BCUT2D eigenvalue weighted by Gasteiger charge is -2.12. The Bertz CT molecular complexity index is 1300. The molecule has 8 nitrogen and oxygen atoms in total. The first-order valence-corrected chi connectivity index (χ1v) is 12.0. The average molecular weight is 490 g/mol. The zero-order valence-electron chi connectivity index (χ0n) is 21.0. The number of aromatic nitrogens is 2. The molecule has 0 bridgehead atoms. The Labute approximate surface area is 210 Å². The zero-order valence-corrected chi connectivity index (χ0v) is 21.0. The fourth-order valence-corrected chi connectivity index (χ4v) is 3.84. The summed E-state index contributed by atoms with van der Waals surface area (Å²) >= 11 is 0. The van der Waals surface area contributed by atoms with Crippen molar-refractivity contribution < 1.29 is 23.4 Å². The van der Waals surface area contributed by atoms with Crippen LogP contribution in [-0.4, -0.2) is 28.9 Å². The molecule has 0 aliphatic rings. The Morgan fingerprint density at radius 1 is 0.944 bits per heavy atom. The number of hydrogen-bond donors (Lipinski definition) is 1. The fraction of sp³-hybridized carbons (Fsp3) is 0.286. The number of ether oxygens (including phenoxy) is 3. The van der Waals surface area contributed by atoms with Crippen molar-refractivity contribution in [2.75, 3.05) is 18.5 Å². The highest BCUT2D eigenvalue weighted by atomic mass is 16.5. The van der Waals surface area contributed by atoms with Crippen molar-refractivity contribution in [3.63, 3.8) is 0 Å². The molecule has 2 aromatic carbocycles. The van der Waals surface area contributed by atoms with E-state index < -0.39 is 0 Å². The van der Waals surface area contributed by atoms with Crippen LogP contribution in [0.5, 0.6) is 17.2 Å². The predicted molar refractivity (Wildman–Crippen MR) is 137 cm³/mol. The molecule has 188 valence electrons. The van der Waals surface area contributed by atoms with E-state index in [2.05, 4.69) is 16.5 Å². The van der Waals surface area contributed by atoms with E-state index in [0.717, 1.165) is 22.4 Å². The van der Waals surface area contributed by atoms with Gasteiger partial charge in [-0.3, -0.25) is 9.48 Å². The van der Waals surface area contributed by atoms with Crippen molar-refractivity contribution in [3.05, 3.63) is 89.1 Å². The molecule has 0 aliphatic carbocycles. The predicted octanol–water partition coefficient (Wildman–Crippen LogP) is 5.77. The summed E-state index contributed by atoms with van der Waals surface area (Å²) in [6.45, 7) is 9.79. The third kappa shape index (κ3) is 6.47. The van der Waals surface area contributed by atoms with Crippen LogP contribution in [0.15, 0.2) is 65.3 Å². The highest BCUT2D eigenvalue weighted by Crippen LogP contribution is 2.29. The number of anilines is 1. The van der Waals surface area contributed by atoms with Gasteiger partial charge in [0.25, 0.3) is 5.91 Å². The molecule has 0 atom stereocenters. The molecule has 0 saturated heterocycles. The van der Waals surface area contributed by atoms with Crippen molar-refractivity contribution in [2.24, 2.45) is 0 Å². The topological polar surface area (TPSA) is 87.8 Å². The summed E-state index contributed by atoms with van der Waals surface area (Å²) in [6, 6.07) is 15.2.